The summed E-state index contributed by atoms with van der Waals surface area (Å²) in [6.07, 6.45) is 5.57. The van der Waals surface area contributed by atoms with Crippen LogP contribution in [0.15, 0.2) is 35.3 Å². The predicted molar refractivity (Wildman–Crippen MR) is 63.0 cm³/mol. The molecule has 2 saturated carbocycles. The molecule has 2 fully saturated rings. The summed E-state index contributed by atoms with van der Waals surface area (Å²) in [6, 6.07) is 10.6. The van der Waals surface area contributed by atoms with Crippen molar-refractivity contribution in [3.05, 3.63) is 35.9 Å². The maximum Gasteiger partial charge on any atom is 0.0639 e. The lowest BCUT2D eigenvalue weighted by atomic mass is 9.98. The van der Waals surface area contributed by atoms with E-state index in [0.29, 0.717) is 0 Å². The van der Waals surface area contributed by atoms with Gasteiger partial charge in [0.1, 0.15) is 0 Å². The average molecular weight is 199 g/mol. The first-order valence-corrected chi connectivity index (χ1v) is 5.99. The van der Waals surface area contributed by atoms with Crippen LogP contribution in [-0.4, -0.2) is 5.71 Å². The molecule has 0 amide bonds. The van der Waals surface area contributed by atoms with Crippen LogP contribution in [0.2, 0.25) is 0 Å². The van der Waals surface area contributed by atoms with Crippen LogP contribution in [0.3, 0.4) is 0 Å². The first-order chi connectivity index (χ1) is 7.42. The van der Waals surface area contributed by atoms with Gasteiger partial charge in [0.15, 0.2) is 0 Å². The third-order valence-electron chi connectivity index (χ3n) is 3.82. The zero-order chi connectivity index (χ0) is 10.1. The molecule has 1 nitrogen and oxygen atoms in total. The van der Waals surface area contributed by atoms with Crippen LogP contribution < -0.4 is 0 Å². The smallest absolute Gasteiger partial charge is 0.0639 e. The summed E-state index contributed by atoms with van der Waals surface area (Å²) in [7, 11) is 0. The number of nitrogens with zero attached hydrogens (tertiary/aromatic N) is 1. The molecule has 0 spiro atoms. The Labute approximate surface area is 91.2 Å². The van der Waals surface area contributed by atoms with Gasteiger partial charge in [0.05, 0.1) is 6.54 Å². The minimum absolute atomic E-state index is 0.846. The molecule has 0 aromatic heterocycles. The number of benzene rings is 1. The molecule has 78 valence electrons. The largest absolute Gasteiger partial charge is 0.289 e. The van der Waals surface area contributed by atoms with E-state index in [4.69, 9.17) is 4.99 Å². The van der Waals surface area contributed by atoms with E-state index in [9.17, 15) is 0 Å². The maximum atomic E-state index is 4.79. The van der Waals surface area contributed by atoms with Crippen molar-refractivity contribution in [2.45, 2.75) is 32.2 Å². The molecule has 0 heterocycles. The van der Waals surface area contributed by atoms with Crippen LogP contribution in [0.1, 0.15) is 31.2 Å². The molecule has 3 rings (SSSR count). The minimum atomic E-state index is 0.846. The quantitative estimate of drug-likeness (QED) is 0.691. The summed E-state index contributed by atoms with van der Waals surface area (Å²) in [4.78, 5) is 4.79. The molecule has 2 aliphatic rings. The Hall–Kier alpha value is -1.11. The van der Waals surface area contributed by atoms with Crippen LogP contribution >= 0.6 is 0 Å². The molecular formula is C14H17N. The number of fused-ring (bicyclic) bond motifs is 2. The van der Waals surface area contributed by atoms with Gasteiger partial charge >= 0.3 is 0 Å². The first kappa shape index (κ1) is 9.14. The molecule has 1 aromatic rings. The van der Waals surface area contributed by atoms with Crippen molar-refractivity contribution in [1.29, 1.82) is 0 Å². The lowest BCUT2D eigenvalue weighted by Gasteiger charge is -2.11. The summed E-state index contributed by atoms with van der Waals surface area (Å²) in [5.41, 5.74) is 2.85. The van der Waals surface area contributed by atoms with Crippen LogP contribution in [0.25, 0.3) is 0 Å². The second-order valence-electron chi connectivity index (χ2n) is 4.87. The van der Waals surface area contributed by atoms with Crippen molar-refractivity contribution in [1.82, 2.24) is 0 Å². The fourth-order valence-corrected chi connectivity index (χ4v) is 3.00. The third-order valence-corrected chi connectivity index (χ3v) is 3.82. The van der Waals surface area contributed by atoms with Crippen LogP contribution in [0.4, 0.5) is 0 Å². The summed E-state index contributed by atoms with van der Waals surface area (Å²) >= 11 is 0. The fraction of sp³-hybridized carbons (Fsp3) is 0.500. The van der Waals surface area contributed by atoms with Gasteiger partial charge in [-0.15, -0.1) is 0 Å². The van der Waals surface area contributed by atoms with Gasteiger partial charge in [0, 0.05) is 5.71 Å². The van der Waals surface area contributed by atoms with Crippen molar-refractivity contribution in [2.75, 3.05) is 0 Å². The van der Waals surface area contributed by atoms with Gasteiger partial charge in [-0.3, -0.25) is 4.99 Å². The molecule has 2 atom stereocenters. The van der Waals surface area contributed by atoms with Crippen LogP contribution in [0, 0.1) is 11.8 Å². The van der Waals surface area contributed by atoms with E-state index in [1.807, 2.05) is 0 Å². The van der Waals surface area contributed by atoms with E-state index in [-0.39, 0.29) is 0 Å². The molecule has 0 unspecified atom stereocenters. The SMILES string of the molecule is c1ccc(CN=C2C[C@H]3CC[C@H]2C3)cc1. The Kier molecular flexibility index (Phi) is 2.32. The van der Waals surface area contributed by atoms with Gasteiger partial charge in [-0.2, -0.15) is 0 Å². The predicted octanol–water partition coefficient (Wildman–Crippen LogP) is 3.45. The van der Waals surface area contributed by atoms with Crippen molar-refractivity contribution in [3.8, 4) is 0 Å². The lowest BCUT2D eigenvalue weighted by Crippen LogP contribution is -2.09. The van der Waals surface area contributed by atoms with Crippen molar-refractivity contribution >= 4 is 5.71 Å². The Balaban J connectivity index is 1.69. The molecule has 1 heteroatoms. The number of hydrogen-bond donors (Lipinski definition) is 0. The standard InChI is InChI=1S/C14H17N/c1-2-4-11(5-3-1)10-15-14-9-12-6-7-13(14)8-12/h1-5,12-13H,6-10H2/t12-,13-/m0/s1. The molecule has 0 aliphatic heterocycles. The summed E-state index contributed by atoms with van der Waals surface area (Å²) < 4.78 is 0. The number of rotatable bonds is 2. The van der Waals surface area contributed by atoms with E-state index in [0.717, 1.165) is 18.4 Å². The van der Waals surface area contributed by atoms with E-state index >= 15 is 0 Å². The molecular weight excluding hydrogens is 182 g/mol. The zero-order valence-electron chi connectivity index (χ0n) is 9.02. The molecule has 1 aromatic carbocycles. The van der Waals surface area contributed by atoms with Crippen molar-refractivity contribution < 1.29 is 0 Å². The summed E-state index contributed by atoms with van der Waals surface area (Å²) in [5.74, 6) is 1.82. The van der Waals surface area contributed by atoms with Gasteiger partial charge in [0.25, 0.3) is 0 Å². The second kappa shape index (κ2) is 3.80. The number of hydrogen-bond acceptors (Lipinski definition) is 1. The van der Waals surface area contributed by atoms with Crippen LogP contribution in [-0.2, 0) is 6.54 Å². The van der Waals surface area contributed by atoms with E-state index < -0.39 is 0 Å². The summed E-state index contributed by atoms with van der Waals surface area (Å²) in [6.45, 7) is 0.888. The zero-order valence-corrected chi connectivity index (χ0v) is 9.02. The lowest BCUT2D eigenvalue weighted by molar-refractivity contribution is 0.591. The monoisotopic (exact) mass is 199 g/mol. The summed E-state index contributed by atoms with van der Waals surface area (Å²) in [5, 5.41) is 0. The molecule has 0 N–H and O–H groups in total. The minimum Gasteiger partial charge on any atom is -0.289 e. The maximum absolute atomic E-state index is 4.79. The van der Waals surface area contributed by atoms with Gasteiger partial charge in [-0.25, -0.2) is 0 Å². The fourth-order valence-electron chi connectivity index (χ4n) is 3.00. The highest BCUT2D eigenvalue weighted by molar-refractivity contribution is 5.89. The number of aliphatic imine (C=N–C) groups is 1. The normalized spacial score (nSPS) is 31.3. The molecule has 2 aliphatic carbocycles. The van der Waals surface area contributed by atoms with Gasteiger partial charge in [0.2, 0.25) is 0 Å². The molecule has 15 heavy (non-hydrogen) atoms. The van der Waals surface area contributed by atoms with Gasteiger partial charge < -0.3 is 0 Å². The van der Waals surface area contributed by atoms with E-state index in [1.54, 1.807) is 0 Å². The molecule has 0 saturated heterocycles. The van der Waals surface area contributed by atoms with Gasteiger partial charge in [-0.1, -0.05) is 30.3 Å². The Bertz CT molecular complexity index is 366. The van der Waals surface area contributed by atoms with E-state index in [1.165, 1.54) is 37.0 Å². The van der Waals surface area contributed by atoms with Crippen molar-refractivity contribution in [3.63, 3.8) is 0 Å². The highest BCUT2D eigenvalue weighted by Crippen LogP contribution is 2.42. The Morgan fingerprint density at radius 1 is 1.13 bits per heavy atom. The Morgan fingerprint density at radius 2 is 2.00 bits per heavy atom. The Morgan fingerprint density at radius 3 is 2.67 bits per heavy atom. The molecule has 0 radical (unpaired) electrons. The average Bonchev–Trinajstić information content (AvgIpc) is 2.89. The second-order valence-corrected chi connectivity index (χ2v) is 4.87. The first-order valence-electron chi connectivity index (χ1n) is 5.99. The molecule has 2 bridgehead atoms. The highest BCUT2D eigenvalue weighted by Gasteiger charge is 2.36. The van der Waals surface area contributed by atoms with E-state index in [2.05, 4.69) is 30.3 Å². The van der Waals surface area contributed by atoms with Crippen molar-refractivity contribution in [2.24, 2.45) is 16.8 Å². The third kappa shape index (κ3) is 1.83. The van der Waals surface area contributed by atoms with Crippen LogP contribution in [0.5, 0.6) is 0 Å². The topological polar surface area (TPSA) is 12.4 Å². The highest BCUT2D eigenvalue weighted by atomic mass is 14.8. The van der Waals surface area contributed by atoms with Gasteiger partial charge in [-0.05, 0) is 43.1 Å².